The number of ketones is 1. The number of thioether (sulfide) groups is 1. The third kappa shape index (κ3) is 4.44. The Kier molecular flexibility index (Phi) is 6.55. The number of rotatable bonds is 5. The number of hydrogen-bond donors (Lipinski definition) is 0. The lowest BCUT2D eigenvalue weighted by Gasteiger charge is -2.32. The highest BCUT2D eigenvalue weighted by Crippen LogP contribution is 2.22. The number of Topliss-reactive ketones (excluding diaryl/α,β-unsaturated/α-hetero) is 1. The molecular weight excluding hydrogens is 354 g/mol. The van der Waals surface area contributed by atoms with E-state index in [2.05, 4.69) is 9.79 Å². The van der Waals surface area contributed by atoms with E-state index in [1.54, 1.807) is 6.92 Å². The third-order valence-electron chi connectivity index (χ3n) is 3.73. The van der Waals surface area contributed by atoms with Gasteiger partial charge in [-0.05, 0) is 19.8 Å². The maximum atomic E-state index is 12.1. The Hall–Kier alpha value is -1.68. The highest BCUT2D eigenvalue weighted by molar-refractivity contribution is 8.23. The Labute approximate surface area is 149 Å². The van der Waals surface area contributed by atoms with Crippen molar-refractivity contribution in [3.05, 3.63) is 5.69 Å². The lowest BCUT2D eigenvalue weighted by atomic mass is 9.97. The monoisotopic (exact) mass is 373 g/mol. The van der Waals surface area contributed by atoms with Gasteiger partial charge < -0.3 is 19.3 Å². The molecule has 2 rings (SSSR count). The maximum absolute atomic E-state index is 12.1. The average Bonchev–Trinajstić information content (AvgIpc) is 2.91. The average molecular weight is 373 g/mol. The van der Waals surface area contributed by atoms with Gasteiger partial charge in [-0.25, -0.2) is 0 Å². The van der Waals surface area contributed by atoms with E-state index in [1.807, 2.05) is 4.90 Å². The Morgan fingerprint density at radius 2 is 2.17 bits per heavy atom. The largest absolute Gasteiger partial charge is 0.539 e. The molecule has 0 amide bonds. The molecule has 0 aliphatic carbocycles. The lowest BCUT2D eigenvalue weighted by molar-refractivity contribution is -0.741. The molecular formula is C14H19N3O5S2. The van der Waals surface area contributed by atoms with Crippen molar-refractivity contribution in [1.29, 1.82) is 0 Å². The molecule has 0 radical (unpaired) electrons. The third-order valence-corrected chi connectivity index (χ3v) is 5.25. The zero-order valence-corrected chi connectivity index (χ0v) is 15.2. The van der Waals surface area contributed by atoms with Crippen LogP contribution in [-0.4, -0.2) is 51.7 Å². The number of hydrogen-bond acceptors (Lipinski definition) is 8. The fourth-order valence-electron chi connectivity index (χ4n) is 2.45. The molecule has 1 saturated heterocycles. The van der Waals surface area contributed by atoms with Crippen molar-refractivity contribution in [2.75, 3.05) is 25.4 Å². The Bertz CT molecular complexity index is 606. The first-order chi connectivity index (χ1) is 11.4. The van der Waals surface area contributed by atoms with E-state index in [0.29, 0.717) is 36.9 Å². The topological polar surface area (TPSA) is 99.6 Å². The summed E-state index contributed by atoms with van der Waals surface area (Å²) in [7, 11) is 1.47. The second kappa shape index (κ2) is 8.43. The molecule has 1 aromatic heterocycles. The first kappa shape index (κ1) is 18.7. The highest BCUT2D eigenvalue weighted by atomic mass is 32.2. The minimum atomic E-state index is -0.746. The maximum Gasteiger partial charge on any atom is 0.309 e. The van der Waals surface area contributed by atoms with E-state index >= 15 is 0 Å². The normalized spacial score (nSPS) is 15.3. The van der Waals surface area contributed by atoms with Crippen LogP contribution < -0.4 is 9.79 Å². The Balaban J connectivity index is 1.80. The summed E-state index contributed by atoms with van der Waals surface area (Å²) in [4.78, 5) is 25.7. The van der Waals surface area contributed by atoms with Gasteiger partial charge >= 0.3 is 5.97 Å². The van der Waals surface area contributed by atoms with E-state index in [4.69, 9.17) is 17.0 Å². The molecule has 24 heavy (non-hydrogen) atoms. The second-order valence-electron chi connectivity index (χ2n) is 5.32. The highest BCUT2D eigenvalue weighted by Gasteiger charge is 2.28. The van der Waals surface area contributed by atoms with E-state index in [1.165, 1.54) is 18.8 Å². The van der Waals surface area contributed by atoms with Crippen molar-refractivity contribution in [1.82, 2.24) is 10.2 Å². The van der Waals surface area contributed by atoms with Crippen molar-refractivity contribution in [3.63, 3.8) is 0 Å². The van der Waals surface area contributed by atoms with Crippen molar-refractivity contribution >= 4 is 40.1 Å². The molecule has 8 nitrogen and oxygen atoms in total. The van der Waals surface area contributed by atoms with Crippen LogP contribution >= 0.6 is 24.0 Å². The van der Waals surface area contributed by atoms with Crippen LogP contribution in [0.5, 0.6) is 5.95 Å². The van der Waals surface area contributed by atoms with Gasteiger partial charge in [-0.2, -0.15) is 0 Å². The van der Waals surface area contributed by atoms with Gasteiger partial charge in [0.05, 0.1) is 23.5 Å². The van der Waals surface area contributed by atoms with Crippen molar-refractivity contribution in [2.24, 2.45) is 13.0 Å². The van der Waals surface area contributed by atoms with Crippen LogP contribution in [-0.2, 0) is 16.6 Å². The fourth-order valence-corrected chi connectivity index (χ4v) is 3.57. The first-order valence-electron chi connectivity index (χ1n) is 7.58. The molecule has 2 heterocycles. The molecule has 1 aliphatic rings. The number of aryl methyl sites for hydroxylation is 1. The lowest BCUT2D eigenvalue weighted by Crippen LogP contribution is -2.40. The SMILES string of the molecule is CCOC(=O)C1CCN(C(=S)SCC(=O)c2c([O-])on[n+]2C)CC1. The predicted octanol–water partition coefficient (Wildman–Crippen LogP) is 0.0486. The molecule has 0 atom stereocenters. The summed E-state index contributed by atoms with van der Waals surface area (Å²) in [5.41, 5.74) is -0.0914. The molecule has 0 unspecified atom stereocenters. The minimum Gasteiger partial charge on any atom is -0.539 e. The van der Waals surface area contributed by atoms with Crippen LogP contribution in [0.15, 0.2) is 4.52 Å². The van der Waals surface area contributed by atoms with Gasteiger partial charge in [-0.15, -0.1) is 0 Å². The van der Waals surface area contributed by atoms with Crippen LogP contribution in [0.2, 0.25) is 0 Å². The predicted molar refractivity (Wildman–Crippen MR) is 87.4 cm³/mol. The molecule has 132 valence electrons. The van der Waals surface area contributed by atoms with Gasteiger partial charge in [0.15, 0.2) is 13.0 Å². The van der Waals surface area contributed by atoms with Crippen LogP contribution in [0.4, 0.5) is 0 Å². The number of carbonyl (C=O) groups is 2. The molecule has 1 fully saturated rings. The number of likely N-dealkylation sites (tertiary alicyclic amines) is 1. The van der Waals surface area contributed by atoms with Gasteiger partial charge in [0.2, 0.25) is 5.78 Å². The standard InChI is InChI=1S/C14H19N3O5S2/c1-3-21-12(19)9-4-6-17(7-5-9)14(23)24-8-10(18)11-13(20)22-15-16(11)2/h9H,3-8H2,1-2H3. The van der Waals surface area contributed by atoms with Crippen LogP contribution in [0.3, 0.4) is 0 Å². The van der Waals surface area contributed by atoms with Gasteiger partial charge in [0.1, 0.15) is 4.32 Å². The molecule has 0 bridgehead atoms. The second-order valence-corrected chi connectivity index (χ2v) is 6.93. The Morgan fingerprint density at radius 3 is 2.71 bits per heavy atom. The van der Waals surface area contributed by atoms with Gasteiger partial charge in [-0.3, -0.25) is 9.59 Å². The van der Waals surface area contributed by atoms with Crippen molar-refractivity contribution in [2.45, 2.75) is 19.8 Å². The summed E-state index contributed by atoms with van der Waals surface area (Å²) in [5, 5.41) is 14.8. The number of piperidine rings is 1. The van der Waals surface area contributed by atoms with Crippen LogP contribution in [0, 0.1) is 5.92 Å². The summed E-state index contributed by atoms with van der Waals surface area (Å²) in [6.07, 6.45) is 1.36. The quantitative estimate of drug-likeness (QED) is 0.307. The smallest absolute Gasteiger partial charge is 0.309 e. The number of thiocarbonyl (C=S) groups is 1. The summed E-state index contributed by atoms with van der Waals surface area (Å²) in [5.74, 6) is -1.33. The zero-order chi connectivity index (χ0) is 17.7. The number of esters is 1. The van der Waals surface area contributed by atoms with Gasteiger partial charge in [0.25, 0.3) is 5.69 Å². The van der Waals surface area contributed by atoms with E-state index < -0.39 is 5.95 Å². The van der Waals surface area contributed by atoms with Crippen LogP contribution in [0.1, 0.15) is 30.3 Å². The summed E-state index contributed by atoms with van der Waals surface area (Å²) >= 11 is 6.54. The van der Waals surface area contributed by atoms with Crippen LogP contribution in [0.25, 0.3) is 0 Å². The zero-order valence-electron chi connectivity index (χ0n) is 13.5. The molecule has 1 aromatic rings. The van der Waals surface area contributed by atoms with E-state index in [0.717, 1.165) is 4.68 Å². The van der Waals surface area contributed by atoms with Gasteiger partial charge in [0, 0.05) is 13.1 Å². The summed E-state index contributed by atoms with van der Waals surface area (Å²) < 4.78 is 11.2. The van der Waals surface area contributed by atoms with E-state index in [9.17, 15) is 14.7 Å². The molecule has 0 aromatic carbocycles. The number of carbonyl (C=O) groups excluding carboxylic acids is 2. The first-order valence-corrected chi connectivity index (χ1v) is 8.98. The summed E-state index contributed by atoms with van der Waals surface area (Å²) in [6.45, 7) is 3.48. The number of aromatic nitrogens is 2. The summed E-state index contributed by atoms with van der Waals surface area (Å²) in [6, 6.07) is 0. The molecule has 0 spiro atoms. The molecule has 10 heteroatoms. The fraction of sp³-hybridized carbons (Fsp3) is 0.643. The molecule has 0 N–H and O–H groups in total. The van der Waals surface area contributed by atoms with Gasteiger partial charge in [-0.1, -0.05) is 28.7 Å². The molecule has 1 aliphatic heterocycles. The number of ether oxygens (including phenoxy) is 1. The number of nitrogens with zero attached hydrogens (tertiary/aromatic N) is 3. The van der Waals surface area contributed by atoms with Crippen molar-refractivity contribution < 1.29 is 28.6 Å². The van der Waals surface area contributed by atoms with E-state index in [-0.39, 0.29) is 29.1 Å². The Morgan fingerprint density at radius 1 is 1.50 bits per heavy atom. The molecule has 0 saturated carbocycles. The minimum absolute atomic E-state index is 0.0426. The van der Waals surface area contributed by atoms with Crippen molar-refractivity contribution in [3.8, 4) is 5.95 Å².